The number of hydrogen-bond donors (Lipinski definition) is 1. The Morgan fingerprint density at radius 2 is 2.08 bits per heavy atom. The fourth-order valence-electron chi connectivity index (χ4n) is 0.929. The summed E-state index contributed by atoms with van der Waals surface area (Å²) < 4.78 is 17.7. The maximum absolute atomic E-state index is 13.0. The van der Waals surface area contributed by atoms with Crippen molar-refractivity contribution in [2.45, 2.75) is 38.9 Å². The van der Waals surface area contributed by atoms with Gasteiger partial charge in [0.15, 0.2) is 6.04 Å². The summed E-state index contributed by atoms with van der Waals surface area (Å²) in [5, 5.41) is 0. The monoisotopic (exact) mass is 193 g/mol. The van der Waals surface area contributed by atoms with E-state index in [0.717, 1.165) is 0 Å². The minimum absolute atomic E-state index is 0. The SMILES string of the molecule is CCOC(=O)[C@@H]([NH3+])CC(C)(C)F.[CH3-]. The molecule has 13 heavy (non-hydrogen) atoms. The molecule has 0 aliphatic heterocycles. The molecule has 0 aromatic heterocycles. The van der Waals surface area contributed by atoms with Crippen molar-refractivity contribution in [1.82, 2.24) is 0 Å². The van der Waals surface area contributed by atoms with Gasteiger partial charge in [-0.05, 0) is 20.8 Å². The molecule has 0 unspecified atom stereocenters. The number of hydrogen-bond acceptors (Lipinski definition) is 2. The van der Waals surface area contributed by atoms with Gasteiger partial charge in [-0.1, -0.05) is 0 Å². The zero-order chi connectivity index (χ0) is 9.78. The Morgan fingerprint density at radius 1 is 1.62 bits per heavy atom. The molecule has 0 fully saturated rings. The molecular formula is C9H20FNO2. The predicted molar refractivity (Wildman–Crippen MR) is 49.5 cm³/mol. The number of rotatable bonds is 4. The average molecular weight is 193 g/mol. The zero-order valence-corrected chi connectivity index (χ0v) is 8.89. The molecule has 0 saturated carbocycles. The molecule has 0 bridgehead atoms. The summed E-state index contributed by atoms with van der Waals surface area (Å²) in [6.07, 6.45) is 0.103. The minimum Gasteiger partial charge on any atom is -0.462 e. The van der Waals surface area contributed by atoms with Crippen LogP contribution in [-0.2, 0) is 9.53 Å². The van der Waals surface area contributed by atoms with Crippen LogP contribution in [0.15, 0.2) is 0 Å². The fourth-order valence-corrected chi connectivity index (χ4v) is 0.929. The molecule has 3 N–H and O–H groups in total. The van der Waals surface area contributed by atoms with Crippen molar-refractivity contribution in [3.05, 3.63) is 7.43 Å². The van der Waals surface area contributed by atoms with Crippen molar-refractivity contribution in [2.24, 2.45) is 0 Å². The summed E-state index contributed by atoms with van der Waals surface area (Å²) in [5.41, 5.74) is 2.17. The summed E-state index contributed by atoms with van der Waals surface area (Å²) in [6, 6.07) is -0.607. The minimum atomic E-state index is -1.36. The molecule has 1 atom stereocenters. The van der Waals surface area contributed by atoms with Gasteiger partial charge in [0.2, 0.25) is 0 Å². The average Bonchev–Trinajstić information content (AvgIpc) is 1.84. The summed E-state index contributed by atoms with van der Waals surface area (Å²) in [5.74, 6) is -0.428. The number of quaternary nitrogens is 1. The molecule has 0 aliphatic carbocycles. The quantitative estimate of drug-likeness (QED) is 0.529. The molecular weight excluding hydrogens is 173 g/mol. The molecule has 0 aliphatic rings. The van der Waals surface area contributed by atoms with E-state index < -0.39 is 17.7 Å². The van der Waals surface area contributed by atoms with Gasteiger partial charge in [0.05, 0.1) is 6.61 Å². The lowest BCUT2D eigenvalue weighted by atomic mass is 10.0. The number of carbonyl (C=O) groups excluding carboxylic acids is 1. The first-order chi connectivity index (χ1) is 5.37. The van der Waals surface area contributed by atoms with Gasteiger partial charge in [0.1, 0.15) is 5.67 Å². The van der Waals surface area contributed by atoms with Crippen molar-refractivity contribution in [3.8, 4) is 0 Å². The molecule has 80 valence electrons. The number of ether oxygens (including phenoxy) is 1. The summed E-state index contributed by atoms with van der Waals surface area (Å²) in [4.78, 5) is 11.0. The largest absolute Gasteiger partial charge is 0.462 e. The van der Waals surface area contributed by atoms with E-state index in [0.29, 0.717) is 6.61 Å². The number of esters is 1. The van der Waals surface area contributed by atoms with Crippen molar-refractivity contribution < 1.29 is 19.7 Å². The second-order valence-electron chi connectivity index (χ2n) is 3.37. The lowest BCUT2D eigenvalue weighted by Gasteiger charge is -2.15. The lowest BCUT2D eigenvalue weighted by Crippen LogP contribution is -2.66. The Kier molecular flexibility index (Phi) is 6.76. The van der Waals surface area contributed by atoms with Crippen LogP contribution in [0.25, 0.3) is 0 Å². The highest BCUT2D eigenvalue weighted by molar-refractivity contribution is 5.74. The maximum Gasteiger partial charge on any atom is 0.364 e. The van der Waals surface area contributed by atoms with Crippen LogP contribution in [0.1, 0.15) is 27.2 Å². The molecule has 0 spiro atoms. The van der Waals surface area contributed by atoms with Crippen LogP contribution in [0.4, 0.5) is 4.39 Å². The van der Waals surface area contributed by atoms with Gasteiger partial charge < -0.3 is 17.9 Å². The molecule has 0 rings (SSSR count). The third kappa shape index (κ3) is 7.71. The highest BCUT2D eigenvalue weighted by atomic mass is 19.1. The number of alkyl halides is 1. The Bertz CT molecular complexity index is 154. The van der Waals surface area contributed by atoms with Crippen LogP contribution in [0.3, 0.4) is 0 Å². The third-order valence-electron chi connectivity index (χ3n) is 1.35. The van der Waals surface area contributed by atoms with Crippen LogP contribution >= 0.6 is 0 Å². The van der Waals surface area contributed by atoms with Crippen LogP contribution in [0.2, 0.25) is 0 Å². The maximum atomic E-state index is 13.0. The van der Waals surface area contributed by atoms with E-state index in [1.54, 1.807) is 6.92 Å². The smallest absolute Gasteiger partial charge is 0.364 e. The summed E-state index contributed by atoms with van der Waals surface area (Å²) in [7, 11) is 0. The topological polar surface area (TPSA) is 53.9 Å². The predicted octanol–water partition coefficient (Wildman–Crippen LogP) is 0.748. The Morgan fingerprint density at radius 3 is 2.38 bits per heavy atom. The Balaban J connectivity index is 0. The Labute approximate surface area is 79.4 Å². The second-order valence-corrected chi connectivity index (χ2v) is 3.37. The van der Waals surface area contributed by atoms with Crippen molar-refractivity contribution in [1.29, 1.82) is 0 Å². The normalized spacial score (nSPS) is 13.0. The highest BCUT2D eigenvalue weighted by Crippen LogP contribution is 2.14. The van der Waals surface area contributed by atoms with E-state index in [-0.39, 0.29) is 13.8 Å². The molecule has 3 nitrogen and oxygen atoms in total. The standard InChI is InChI=1S/C8H16FNO2.CH3/c1-4-12-7(11)6(10)5-8(2,3)9;/h6H,4-5,10H2,1-3H3;1H3/q;-1/p+1/t6-;/m0./s1. The molecule has 0 aromatic rings. The van der Waals surface area contributed by atoms with Crippen molar-refractivity contribution in [2.75, 3.05) is 6.61 Å². The molecule has 0 heterocycles. The van der Waals surface area contributed by atoms with E-state index in [2.05, 4.69) is 10.5 Å². The van der Waals surface area contributed by atoms with Gasteiger partial charge in [-0.25, -0.2) is 9.18 Å². The zero-order valence-electron chi connectivity index (χ0n) is 8.89. The van der Waals surface area contributed by atoms with Gasteiger partial charge in [0.25, 0.3) is 0 Å². The van der Waals surface area contributed by atoms with Gasteiger partial charge in [-0.3, -0.25) is 0 Å². The molecule has 0 radical (unpaired) electrons. The van der Waals surface area contributed by atoms with Crippen molar-refractivity contribution >= 4 is 5.97 Å². The Hall–Kier alpha value is -0.640. The van der Waals surface area contributed by atoms with Gasteiger partial charge in [0, 0.05) is 6.42 Å². The first kappa shape index (κ1) is 14.9. The van der Waals surface area contributed by atoms with E-state index >= 15 is 0 Å². The summed E-state index contributed by atoms with van der Waals surface area (Å²) >= 11 is 0. The van der Waals surface area contributed by atoms with Gasteiger partial charge in [-0.15, -0.1) is 0 Å². The van der Waals surface area contributed by atoms with Crippen LogP contribution < -0.4 is 5.73 Å². The molecule has 4 heteroatoms. The van der Waals surface area contributed by atoms with Gasteiger partial charge in [-0.2, -0.15) is 0 Å². The van der Waals surface area contributed by atoms with Gasteiger partial charge >= 0.3 is 5.97 Å². The first-order valence-electron chi connectivity index (χ1n) is 4.05. The van der Waals surface area contributed by atoms with E-state index in [9.17, 15) is 9.18 Å². The van der Waals surface area contributed by atoms with E-state index in [1.807, 2.05) is 0 Å². The third-order valence-corrected chi connectivity index (χ3v) is 1.35. The number of carbonyl (C=O) groups is 1. The summed E-state index contributed by atoms with van der Waals surface area (Å²) in [6.45, 7) is 4.87. The molecule has 0 aromatic carbocycles. The fraction of sp³-hybridized carbons (Fsp3) is 0.778. The molecule has 0 saturated heterocycles. The van der Waals surface area contributed by atoms with Crippen LogP contribution in [0, 0.1) is 7.43 Å². The van der Waals surface area contributed by atoms with E-state index in [4.69, 9.17) is 0 Å². The van der Waals surface area contributed by atoms with Crippen LogP contribution in [-0.4, -0.2) is 24.3 Å². The highest BCUT2D eigenvalue weighted by Gasteiger charge is 2.28. The van der Waals surface area contributed by atoms with Crippen molar-refractivity contribution in [3.63, 3.8) is 0 Å². The number of halogens is 1. The second kappa shape index (κ2) is 5.91. The first-order valence-corrected chi connectivity index (χ1v) is 4.05. The molecule has 0 amide bonds. The van der Waals surface area contributed by atoms with E-state index in [1.165, 1.54) is 13.8 Å². The van der Waals surface area contributed by atoms with Crippen LogP contribution in [0.5, 0.6) is 0 Å². The lowest BCUT2D eigenvalue weighted by molar-refractivity contribution is -0.413.